The van der Waals surface area contributed by atoms with Gasteiger partial charge in [-0.15, -0.1) is 0 Å². The van der Waals surface area contributed by atoms with Gasteiger partial charge in [-0.1, -0.05) is 0 Å². The van der Waals surface area contributed by atoms with Crippen LogP contribution >= 0.6 is 0 Å². The number of Topliss-reactive ketones (excluding diaryl/α,β-unsaturated/α-hetero) is 1. The number of carbonyl (C=O) groups is 1. The van der Waals surface area contributed by atoms with Crippen LogP contribution in [0.5, 0.6) is 0 Å². The molecule has 1 unspecified atom stereocenters. The highest BCUT2D eigenvalue weighted by Gasteiger charge is 2.27. The Morgan fingerprint density at radius 2 is 1.95 bits per heavy atom. The van der Waals surface area contributed by atoms with E-state index in [1.165, 1.54) is 6.92 Å². The monoisotopic (exact) mass is 286 g/mol. The predicted octanol–water partition coefficient (Wildman–Crippen LogP) is 2.01. The van der Waals surface area contributed by atoms with Crippen LogP contribution in [0.1, 0.15) is 47.2 Å². The molecule has 0 aliphatic heterocycles. The summed E-state index contributed by atoms with van der Waals surface area (Å²) in [6, 6.07) is 0. The van der Waals surface area contributed by atoms with Crippen LogP contribution in [0.15, 0.2) is 4.42 Å². The summed E-state index contributed by atoms with van der Waals surface area (Å²) in [7, 11) is -3.44. The molecule has 0 spiro atoms. The highest BCUT2D eigenvalue weighted by Crippen LogP contribution is 2.30. The van der Waals surface area contributed by atoms with E-state index in [1.807, 2.05) is 0 Å². The molecule has 0 saturated carbocycles. The second kappa shape index (κ2) is 5.09. The topological polar surface area (TPSA) is 73.6 Å². The molecule has 1 aromatic heterocycles. The van der Waals surface area contributed by atoms with Crippen molar-refractivity contribution in [2.75, 3.05) is 6.26 Å². The van der Waals surface area contributed by atoms with Crippen molar-refractivity contribution in [1.82, 2.24) is 0 Å². The van der Waals surface area contributed by atoms with E-state index in [1.54, 1.807) is 6.92 Å². The first kappa shape index (κ1) is 14.3. The average molecular weight is 286 g/mol. The van der Waals surface area contributed by atoms with Gasteiger partial charge in [0.15, 0.2) is 5.78 Å². The predicted molar refractivity (Wildman–Crippen MR) is 69.8 cm³/mol. The van der Waals surface area contributed by atoms with E-state index in [2.05, 4.69) is 0 Å². The van der Waals surface area contributed by atoms with E-state index in [9.17, 15) is 13.2 Å². The van der Waals surface area contributed by atoms with Crippen LogP contribution in [0.2, 0.25) is 0 Å². The molecule has 0 bridgehead atoms. The van der Waals surface area contributed by atoms with Crippen molar-refractivity contribution in [1.29, 1.82) is 0 Å². The number of hydrogen-bond donors (Lipinski definition) is 0. The van der Waals surface area contributed by atoms with Gasteiger partial charge in [0.25, 0.3) is 10.1 Å². The molecule has 0 saturated heterocycles. The van der Waals surface area contributed by atoms with Gasteiger partial charge in [0.1, 0.15) is 11.5 Å². The van der Waals surface area contributed by atoms with Crippen molar-refractivity contribution in [2.45, 2.75) is 45.6 Å². The van der Waals surface area contributed by atoms with Crippen LogP contribution in [-0.4, -0.2) is 26.6 Å². The minimum absolute atomic E-state index is 0.00928. The maximum Gasteiger partial charge on any atom is 0.264 e. The van der Waals surface area contributed by atoms with Crippen LogP contribution in [0.4, 0.5) is 0 Å². The van der Waals surface area contributed by atoms with Crippen molar-refractivity contribution >= 4 is 15.9 Å². The van der Waals surface area contributed by atoms with E-state index in [-0.39, 0.29) is 11.9 Å². The molecule has 1 atom stereocenters. The third-order valence-electron chi connectivity index (χ3n) is 3.34. The van der Waals surface area contributed by atoms with Crippen LogP contribution in [0.25, 0.3) is 0 Å². The summed E-state index contributed by atoms with van der Waals surface area (Å²) in [6.45, 7) is 3.31. The van der Waals surface area contributed by atoms with Gasteiger partial charge in [0.2, 0.25) is 0 Å². The highest BCUT2D eigenvalue weighted by molar-refractivity contribution is 7.86. The van der Waals surface area contributed by atoms with Gasteiger partial charge >= 0.3 is 0 Å². The highest BCUT2D eigenvalue weighted by atomic mass is 32.2. The summed E-state index contributed by atoms with van der Waals surface area (Å²) in [5.41, 5.74) is 1.57. The Bertz CT molecular complexity index is 597. The molecule has 5 nitrogen and oxygen atoms in total. The maximum absolute atomic E-state index is 11.6. The Kier molecular flexibility index (Phi) is 3.82. The van der Waals surface area contributed by atoms with Crippen LogP contribution < -0.4 is 0 Å². The number of ketones is 1. The third-order valence-corrected chi connectivity index (χ3v) is 3.96. The van der Waals surface area contributed by atoms with Crippen molar-refractivity contribution in [3.05, 3.63) is 22.6 Å². The van der Waals surface area contributed by atoms with Gasteiger partial charge < -0.3 is 4.42 Å². The summed E-state index contributed by atoms with van der Waals surface area (Å²) in [5, 5.41) is 0. The molecular weight excluding hydrogens is 268 g/mol. The largest absolute Gasteiger partial charge is 0.465 e. The molecule has 19 heavy (non-hydrogen) atoms. The van der Waals surface area contributed by atoms with Crippen molar-refractivity contribution in [2.24, 2.45) is 0 Å². The molecule has 6 heteroatoms. The zero-order valence-electron chi connectivity index (χ0n) is 11.4. The number of hydrogen-bond acceptors (Lipinski definition) is 5. The Balaban J connectivity index is 2.22. The zero-order valence-corrected chi connectivity index (χ0v) is 12.2. The minimum Gasteiger partial charge on any atom is -0.465 e. The van der Waals surface area contributed by atoms with Crippen molar-refractivity contribution < 1.29 is 21.8 Å². The fourth-order valence-corrected chi connectivity index (χ4v) is 3.35. The normalized spacial score (nSPS) is 19.8. The number of furan rings is 1. The molecule has 1 aromatic rings. The van der Waals surface area contributed by atoms with Gasteiger partial charge in [-0.2, -0.15) is 8.42 Å². The lowest BCUT2D eigenvalue weighted by Crippen LogP contribution is -2.17. The average Bonchev–Trinajstić information content (AvgIpc) is 2.46. The van der Waals surface area contributed by atoms with Crippen LogP contribution in [0, 0.1) is 6.92 Å². The zero-order chi connectivity index (χ0) is 14.2. The summed E-state index contributed by atoms with van der Waals surface area (Å²) < 4.78 is 33.0. The third kappa shape index (κ3) is 3.25. The lowest BCUT2D eigenvalue weighted by Gasteiger charge is -2.12. The van der Waals surface area contributed by atoms with E-state index >= 15 is 0 Å². The fourth-order valence-electron chi connectivity index (χ4n) is 2.66. The first-order chi connectivity index (χ1) is 8.78. The smallest absolute Gasteiger partial charge is 0.264 e. The summed E-state index contributed by atoms with van der Waals surface area (Å²) in [5.74, 6) is 1.44. The van der Waals surface area contributed by atoms with Gasteiger partial charge in [-0.05, 0) is 33.1 Å². The van der Waals surface area contributed by atoms with E-state index in [4.69, 9.17) is 8.60 Å². The van der Waals surface area contributed by atoms with Gasteiger partial charge in [0, 0.05) is 12.0 Å². The van der Waals surface area contributed by atoms with Crippen molar-refractivity contribution in [3.8, 4) is 0 Å². The van der Waals surface area contributed by atoms with Crippen molar-refractivity contribution in [3.63, 3.8) is 0 Å². The second-order valence-corrected chi connectivity index (χ2v) is 6.59. The molecular formula is C13H18O5S. The molecule has 0 fully saturated rings. The summed E-state index contributed by atoms with van der Waals surface area (Å²) in [4.78, 5) is 11.6. The lowest BCUT2D eigenvalue weighted by atomic mass is 10.0. The Morgan fingerprint density at radius 3 is 2.53 bits per heavy atom. The Morgan fingerprint density at radius 1 is 1.32 bits per heavy atom. The SMILES string of the molecule is CC(=O)c1c(C)oc2c1CCC(OS(C)(=O)=O)CC2. The summed E-state index contributed by atoms with van der Waals surface area (Å²) in [6.07, 6.45) is 3.10. The molecule has 106 valence electrons. The van der Waals surface area contributed by atoms with E-state index in [0.717, 1.165) is 17.6 Å². The molecule has 0 amide bonds. The van der Waals surface area contributed by atoms with Gasteiger partial charge in [-0.3, -0.25) is 8.98 Å². The van der Waals surface area contributed by atoms with Crippen LogP contribution in [0.3, 0.4) is 0 Å². The number of carbonyl (C=O) groups excluding carboxylic acids is 1. The Labute approximate surface area is 113 Å². The molecule has 0 radical (unpaired) electrons. The number of fused-ring (bicyclic) bond motifs is 1. The first-order valence-electron chi connectivity index (χ1n) is 6.28. The maximum atomic E-state index is 11.6. The first-order valence-corrected chi connectivity index (χ1v) is 8.10. The van der Waals surface area contributed by atoms with Gasteiger partial charge in [0.05, 0.1) is 17.9 Å². The molecule has 1 heterocycles. The standard InChI is InChI=1S/C13H18O5S/c1-8(14)13-9(2)17-12-7-5-10(4-6-11(12)13)18-19(3,15)16/h10H,4-7H2,1-3H3. The number of rotatable bonds is 3. The second-order valence-electron chi connectivity index (χ2n) is 4.99. The quantitative estimate of drug-likeness (QED) is 0.483. The van der Waals surface area contributed by atoms with E-state index < -0.39 is 10.1 Å². The lowest BCUT2D eigenvalue weighted by molar-refractivity contribution is 0.101. The summed E-state index contributed by atoms with van der Waals surface area (Å²) >= 11 is 0. The Hall–Kier alpha value is -1.14. The molecule has 0 aromatic carbocycles. The van der Waals surface area contributed by atoms with Crippen LogP contribution in [-0.2, 0) is 27.1 Å². The molecule has 2 rings (SSSR count). The van der Waals surface area contributed by atoms with E-state index in [0.29, 0.717) is 37.0 Å². The fraction of sp³-hybridized carbons (Fsp3) is 0.615. The molecule has 1 aliphatic carbocycles. The van der Waals surface area contributed by atoms with Gasteiger partial charge in [-0.25, -0.2) is 0 Å². The minimum atomic E-state index is -3.44. The molecule has 1 aliphatic rings. The molecule has 0 N–H and O–H groups in total. The number of aryl methyl sites for hydroxylation is 2.